The Labute approximate surface area is 173 Å². The average Bonchev–Trinajstić information content (AvgIpc) is 2.74. The summed E-state index contributed by atoms with van der Waals surface area (Å²) in [5.74, 6) is 0.523. The zero-order chi connectivity index (χ0) is 20.3. The van der Waals surface area contributed by atoms with Crippen molar-refractivity contribution in [2.75, 3.05) is 27.1 Å². The fraction of sp³-hybridized carbons (Fsp3) is 0.739. The molecule has 162 valence electrons. The summed E-state index contributed by atoms with van der Waals surface area (Å²) in [6.45, 7) is 5.88. The van der Waals surface area contributed by atoms with Crippen LogP contribution in [-0.2, 0) is 28.4 Å². The van der Waals surface area contributed by atoms with E-state index >= 15 is 0 Å². The lowest BCUT2D eigenvalue weighted by molar-refractivity contribution is -0.321. The van der Waals surface area contributed by atoms with E-state index in [4.69, 9.17) is 28.4 Å². The molecule has 1 aromatic carbocycles. The Morgan fingerprint density at radius 2 is 1.93 bits per heavy atom. The van der Waals surface area contributed by atoms with Crippen molar-refractivity contribution in [2.45, 2.75) is 75.8 Å². The van der Waals surface area contributed by atoms with Gasteiger partial charge in [-0.2, -0.15) is 0 Å². The highest BCUT2D eigenvalue weighted by Gasteiger charge is 2.45. The maximum Gasteiger partial charge on any atom is 0.184 e. The molecule has 3 aliphatic rings. The molecular weight excluding hydrogens is 372 g/mol. The molecule has 1 unspecified atom stereocenters. The summed E-state index contributed by atoms with van der Waals surface area (Å²) in [6.07, 6.45) is 3.40. The number of hydrogen-bond acceptors (Lipinski definition) is 6. The van der Waals surface area contributed by atoms with Crippen molar-refractivity contribution in [1.29, 1.82) is 0 Å². The van der Waals surface area contributed by atoms with Crippen LogP contribution in [0.1, 0.15) is 51.4 Å². The first kappa shape index (κ1) is 21.2. The molecule has 6 nitrogen and oxygen atoms in total. The highest BCUT2D eigenvalue weighted by molar-refractivity contribution is 5.16. The van der Waals surface area contributed by atoms with Crippen LogP contribution in [-0.4, -0.2) is 57.1 Å². The van der Waals surface area contributed by atoms with Crippen LogP contribution in [0.2, 0.25) is 0 Å². The molecule has 0 amide bonds. The molecule has 29 heavy (non-hydrogen) atoms. The first-order valence-corrected chi connectivity index (χ1v) is 10.8. The van der Waals surface area contributed by atoms with Crippen molar-refractivity contribution in [2.24, 2.45) is 5.92 Å². The quantitative estimate of drug-likeness (QED) is 0.669. The van der Waals surface area contributed by atoms with Crippen LogP contribution < -0.4 is 0 Å². The fourth-order valence-electron chi connectivity index (χ4n) is 4.55. The number of fused-ring (bicyclic) bond motifs is 1. The molecule has 3 aliphatic heterocycles. The Morgan fingerprint density at radius 3 is 2.66 bits per heavy atom. The molecule has 4 rings (SSSR count). The third-order valence-electron chi connectivity index (χ3n) is 6.22. The summed E-state index contributed by atoms with van der Waals surface area (Å²) in [4.78, 5) is 0. The van der Waals surface area contributed by atoms with Crippen molar-refractivity contribution < 1.29 is 28.4 Å². The monoisotopic (exact) mass is 406 g/mol. The molecular formula is C23H34O6. The van der Waals surface area contributed by atoms with Gasteiger partial charge in [-0.05, 0) is 39.0 Å². The summed E-state index contributed by atoms with van der Waals surface area (Å²) < 4.78 is 35.9. The number of methoxy groups -OCH3 is 1. The van der Waals surface area contributed by atoms with E-state index in [1.807, 2.05) is 30.3 Å². The van der Waals surface area contributed by atoms with Crippen LogP contribution in [0.25, 0.3) is 0 Å². The third kappa shape index (κ3) is 5.37. The summed E-state index contributed by atoms with van der Waals surface area (Å²) in [6, 6.07) is 10.0. The Hall–Kier alpha value is -1.02. The van der Waals surface area contributed by atoms with Gasteiger partial charge >= 0.3 is 0 Å². The van der Waals surface area contributed by atoms with E-state index in [-0.39, 0.29) is 43.1 Å². The van der Waals surface area contributed by atoms with Crippen molar-refractivity contribution >= 4 is 0 Å². The molecule has 1 aromatic rings. The van der Waals surface area contributed by atoms with Gasteiger partial charge in [0.1, 0.15) is 19.0 Å². The molecule has 6 atom stereocenters. The van der Waals surface area contributed by atoms with Gasteiger partial charge < -0.3 is 28.4 Å². The zero-order valence-electron chi connectivity index (χ0n) is 17.8. The largest absolute Gasteiger partial charge is 0.375 e. The van der Waals surface area contributed by atoms with Gasteiger partial charge in [-0.25, -0.2) is 0 Å². The van der Waals surface area contributed by atoms with E-state index in [2.05, 4.69) is 13.8 Å². The van der Waals surface area contributed by atoms with Gasteiger partial charge in [-0.3, -0.25) is 0 Å². The van der Waals surface area contributed by atoms with E-state index in [0.29, 0.717) is 12.5 Å². The van der Waals surface area contributed by atoms with E-state index in [1.165, 1.54) is 6.42 Å². The van der Waals surface area contributed by atoms with Crippen molar-refractivity contribution in [3.05, 3.63) is 35.9 Å². The highest BCUT2D eigenvalue weighted by atomic mass is 16.7. The number of ether oxygens (including phenoxy) is 6. The molecule has 3 heterocycles. The predicted octanol–water partition coefficient (Wildman–Crippen LogP) is 3.84. The minimum absolute atomic E-state index is 0.00334. The SMILES string of the molecule is COCO[C@H]1C[C@@H](CC2CCC(C)(C)OC2)O[C@@H]2CO[C@@H](c3ccccc3)O[C@@H]12. The van der Waals surface area contributed by atoms with E-state index in [1.54, 1.807) is 7.11 Å². The van der Waals surface area contributed by atoms with Crippen molar-refractivity contribution in [1.82, 2.24) is 0 Å². The van der Waals surface area contributed by atoms with Crippen LogP contribution in [0.3, 0.4) is 0 Å². The molecule has 0 aliphatic carbocycles. The second-order valence-electron chi connectivity index (χ2n) is 9.03. The van der Waals surface area contributed by atoms with Gasteiger partial charge in [0, 0.05) is 19.1 Å². The van der Waals surface area contributed by atoms with Gasteiger partial charge in [0.05, 0.1) is 31.0 Å². The van der Waals surface area contributed by atoms with Crippen LogP contribution in [0.5, 0.6) is 0 Å². The molecule has 0 aromatic heterocycles. The van der Waals surface area contributed by atoms with E-state index in [9.17, 15) is 0 Å². The Kier molecular flexibility index (Phi) is 6.89. The van der Waals surface area contributed by atoms with Crippen LogP contribution in [0, 0.1) is 5.92 Å². The predicted molar refractivity (Wildman–Crippen MR) is 107 cm³/mol. The molecule has 0 radical (unpaired) electrons. The van der Waals surface area contributed by atoms with Gasteiger partial charge in [0.25, 0.3) is 0 Å². The average molecular weight is 407 g/mol. The van der Waals surface area contributed by atoms with Crippen LogP contribution in [0.4, 0.5) is 0 Å². The first-order valence-electron chi connectivity index (χ1n) is 10.8. The van der Waals surface area contributed by atoms with Crippen LogP contribution in [0.15, 0.2) is 30.3 Å². The number of hydrogen-bond donors (Lipinski definition) is 0. The lowest BCUT2D eigenvalue weighted by Crippen LogP contribution is -2.56. The maximum atomic E-state index is 6.41. The lowest BCUT2D eigenvalue weighted by atomic mass is 9.85. The molecule has 0 spiro atoms. The van der Waals surface area contributed by atoms with Gasteiger partial charge in [0.15, 0.2) is 6.29 Å². The molecule has 0 N–H and O–H groups in total. The first-order chi connectivity index (χ1) is 14.0. The molecule has 3 fully saturated rings. The van der Waals surface area contributed by atoms with Gasteiger partial charge in [-0.1, -0.05) is 30.3 Å². The normalized spacial score (nSPS) is 37.1. The zero-order valence-corrected chi connectivity index (χ0v) is 17.8. The Balaban J connectivity index is 1.39. The Bertz CT molecular complexity index is 626. The van der Waals surface area contributed by atoms with Crippen molar-refractivity contribution in [3.8, 4) is 0 Å². The molecule has 0 saturated carbocycles. The van der Waals surface area contributed by atoms with E-state index < -0.39 is 0 Å². The second kappa shape index (κ2) is 9.41. The summed E-state index contributed by atoms with van der Waals surface area (Å²) in [5, 5.41) is 0. The smallest absolute Gasteiger partial charge is 0.184 e. The highest BCUT2D eigenvalue weighted by Crippen LogP contribution is 2.38. The van der Waals surface area contributed by atoms with E-state index in [0.717, 1.165) is 31.4 Å². The molecule has 3 saturated heterocycles. The lowest BCUT2D eigenvalue weighted by Gasteiger charge is -2.46. The summed E-state index contributed by atoms with van der Waals surface area (Å²) in [7, 11) is 1.65. The summed E-state index contributed by atoms with van der Waals surface area (Å²) in [5.41, 5.74) is 1.01. The minimum atomic E-state index is -0.389. The third-order valence-corrected chi connectivity index (χ3v) is 6.22. The standard InChI is InChI=1S/C23H34O6/c1-23(2)10-9-16(13-27-23)11-18-12-19(26-15-24-3)21-20(28-18)14-25-22(29-21)17-7-5-4-6-8-17/h4-8,16,18-22H,9-15H2,1-3H3/t16?,18-,19+,20-,21+,22-/m1/s1. The maximum absolute atomic E-state index is 6.41. The topological polar surface area (TPSA) is 55.4 Å². The number of rotatable bonds is 6. The minimum Gasteiger partial charge on any atom is -0.375 e. The van der Waals surface area contributed by atoms with Crippen molar-refractivity contribution in [3.63, 3.8) is 0 Å². The Morgan fingerprint density at radius 1 is 1.10 bits per heavy atom. The second-order valence-corrected chi connectivity index (χ2v) is 9.03. The molecule has 0 bridgehead atoms. The van der Waals surface area contributed by atoms with Crippen LogP contribution >= 0.6 is 0 Å². The summed E-state index contributed by atoms with van der Waals surface area (Å²) >= 11 is 0. The number of benzene rings is 1. The molecule has 6 heteroatoms. The van der Waals surface area contributed by atoms with Gasteiger partial charge in [0.2, 0.25) is 0 Å². The fourth-order valence-corrected chi connectivity index (χ4v) is 4.55. The van der Waals surface area contributed by atoms with Gasteiger partial charge in [-0.15, -0.1) is 0 Å².